The maximum absolute atomic E-state index is 13.0. The van der Waals surface area contributed by atoms with Gasteiger partial charge in [-0.15, -0.1) is 0 Å². The van der Waals surface area contributed by atoms with Crippen LogP contribution in [-0.2, 0) is 14.3 Å². The average molecular weight is 438 g/mol. The highest BCUT2D eigenvalue weighted by Crippen LogP contribution is 2.41. The van der Waals surface area contributed by atoms with Gasteiger partial charge in [0.2, 0.25) is 0 Å². The van der Waals surface area contributed by atoms with Gasteiger partial charge < -0.3 is 29.1 Å². The van der Waals surface area contributed by atoms with E-state index in [-0.39, 0.29) is 24.5 Å². The molecule has 0 spiro atoms. The van der Waals surface area contributed by atoms with Crippen molar-refractivity contribution in [1.29, 1.82) is 0 Å². The summed E-state index contributed by atoms with van der Waals surface area (Å²) >= 11 is 0. The number of amides is 1. The summed E-state index contributed by atoms with van der Waals surface area (Å²) in [6, 6.07) is 11.6. The number of hydrogen-bond acceptors (Lipinski definition) is 7. The first-order chi connectivity index (χ1) is 15.5. The number of methoxy groups -OCH3 is 2. The molecule has 0 radical (unpaired) electrons. The Morgan fingerprint density at radius 3 is 2.59 bits per heavy atom. The average Bonchev–Trinajstić information content (AvgIpc) is 3.07. The van der Waals surface area contributed by atoms with Gasteiger partial charge in [-0.25, -0.2) is 0 Å². The highest BCUT2D eigenvalue weighted by molar-refractivity contribution is 6.46. The maximum atomic E-state index is 13.0. The number of benzene rings is 2. The summed E-state index contributed by atoms with van der Waals surface area (Å²) in [5.74, 6) is -0.238. The molecule has 1 fully saturated rings. The minimum atomic E-state index is -0.735. The van der Waals surface area contributed by atoms with Crippen LogP contribution < -0.4 is 14.4 Å². The number of hydrogen-bond donors (Lipinski definition) is 1. The van der Waals surface area contributed by atoms with Crippen molar-refractivity contribution in [2.75, 3.05) is 52.5 Å². The number of aliphatic hydroxyl groups is 1. The van der Waals surface area contributed by atoms with E-state index in [2.05, 4.69) is 0 Å². The molecular formula is C24H26N2O6. The Balaban J connectivity index is 1.83. The lowest BCUT2D eigenvalue weighted by atomic mass is 9.95. The number of carbonyl (C=O) groups is 2. The van der Waals surface area contributed by atoms with E-state index in [1.54, 1.807) is 49.6 Å². The van der Waals surface area contributed by atoms with Crippen molar-refractivity contribution < 1.29 is 28.9 Å². The Hall–Kier alpha value is -3.52. The Labute approximate surface area is 186 Å². The van der Waals surface area contributed by atoms with E-state index in [1.807, 2.05) is 11.9 Å². The minimum absolute atomic E-state index is 0.0515. The van der Waals surface area contributed by atoms with Gasteiger partial charge in [0.1, 0.15) is 23.9 Å². The fourth-order valence-corrected chi connectivity index (χ4v) is 4.09. The second-order valence-electron chi connectivity index (χ2n) is 7.71. The molecule has 32 heavy (non-hydrogen) atoms. The summed E-state index contributed by atoms with van der Waals surface area (Å²) < 4.78 is 16.0. The lowest BCUT2D eigenvalue weighted by Crippen LogP contribution is -2.32. The molecule has 2 aliphatic heterocycles. The summed E-state index contributed by atoms with van der Waals surface area (Å²) in [6.07, 6.45) is 0. The van der Waals surface area contributed by atoms with Crippen LogP contribution in [0.25, 0.3) is 5.76 Å². The molecule has 1 atom stereocenters. The van der Waals surface area contributed by atoms with Crippen LogP contribution in [0, 0.1) is 0 Å². The molecule has 2 heterocycles. The first kappa shape index (κ1) is 21.7. The van der Waals surface area contributed by atoms with Gasteiger partial charge in [0.25, 0.3) is 11.7 Å². The van der Waals surface area contributed by atoms with E-state index in [0.29, 0.717) is 35.8 Å². The van der Waals surface area contributed by atoms with Gasteiger partial charge in [0, 0.05) is 26.3 Å². The second-order valence-corrected chi connectivity index (χ2v) is 7.71. The predicted molar refractivity (Wildman–Crippen MR) is 119 cm³/mol. The highest BCUT2D eigenvalue weighted by atomic mass is 16.5. The molecule has 1 saturated heterocycles. The van der Waals surface area contributed by atoms with Gasteiger partial charge in [-0.3, -0.25) is 9.59 Å². The topological polar surface area (TPSA) is 88.5 Å². The van der Waals surface area contributed by atoms with Gasteiger partial charge in [-0.1, -0.05) is 12.1 Å². The van der Waals surface area contributed by atoms with Crippen LogP contribution in [0.3, 0.4) is 0 Å². The van der Waals surface area contributed by atoms with Crippen molar-refractivity contribution in [2.45, 2.75) is 6.04 Å². The fourth-order valence-electron chi connectivity index (χ4n) is 4.09. The normalized spacial score (nSPS) is 19.7. The van der Waals surface area contributed by atoms with Crippen molar-refractivity contribution in [3.05, 3.63) is 59.2 Å². The minimum Gasteiger partial charge on any atom is -0.507 e. The van der Waals surface area contributed by atoms with Crippen molar-refractivity contribution in [2.24, 2.45) is 0 Å². The Kier molecular flexibility index (Phi) is 6.05. The first-order valence-electron chi connectivity index (χ1n) is 10.4. The van der Waals surface area contributed by atoms with E-state index < -0.39 is 17.7 Å². The van der Waals surface area contributed by atoms with Crippen LogP contribution >= 0.6 is 0 Å². The van der Waals surface area contributed by atoms with E-state index in [0.717, 1.165) is 5.69 Å². The van der Waals surface area contributed by atoms with Gasteiger partial charge in [-0.2, -0.15) is 0 Å². The van der Waals surface area contributed by atoms with E-state index >= 15 is 0 Å². The van der Waals surface area contributed by atoms with Crippen LogP contribution in [0.1, 0.15) is 17.2 Å². The number of carbonyl (C=O) groups excluding carboxylic acids is 2. The molecule has 1 amide bonds. The standard InChI is InChI=1S/C24H26N2O6/c1-25-10-13-32-19-9-6-16(14-18(19)25)22(27)20-21(15-4-7-17(31-3)8-5-15)26(11-12-30-2)24(29)23(20)28/h4-9,14,21,27H,10-13H2,1-3H3/b22-20-. The van der Waals surface area contributed by atoms with Gasteiger partial charge >= 0.3 is 0 Å². The number of rotatable bonds is 6. The van der Waals surface area contributed by atoms with Crippen LogP contribution in [0.15, 0.2) is 48.0 Å². The molecule has 2 aromatic rings. The molecule has 1 N–H and O–H groups in total. The van der Waals surface area contributed by atoms with Crippen molar-refractivity contribution in [3.63, 3.8) is 0 Å². The number of nitrogens with zero attached hydrogens (tertiary/aromatic N) is 2. The SMILES string of the molecule is COCCN1C(=O)C(=O)/C(=C(\O)c2ccc3c(c2)N(C)CCO3)C1c1ccc(OC)cc1. The van der Waals surface area contributed by atoms with Crippen LogP contribution in [0.4, 0.5) is 5.69 Å². The molecule has 0 saturated carbocycles. The molecule has 8 heteroatoms. The van der Waals surface area contributed by atoms with Crippen LogP contribution in [-0.4, -0.2) is 69.3 Å². The Morgan fingerprint density at radius 2 is 1.91 bits per heavy atom. The molecule has 2 aliphatic rings. The van der Waals surface area contributed by atoms with E-state index in [9.17, 15) is 14.7 Å². The number of anilines is 1. The Morgan fingerprint density at radius 1 is 1.16 bits per heavy atom. The van der Waals surface area contributed by atoms with Crippen molar-refractivity contribution >= 4 is 23.1 Å². The Bertz CT molecular complexity index is 1060. The lowest BCUT2D eigenvalue weighted by molar-refractivity contribution is -0.140. The largest absolute Gasteiger partial charge is 0.507 e. The fraction of sp³-hybridized carbons (Fsp3) is 0.333. The summed E-state index contributed by atoms with van der Waals surface area (Å²) in [7, 11) is 5.04. The number of likely N-dealkylation sites (tertiary alicyclic amines) is 1. The maximum Gasteiger partial charge on any atom is 0.295 e. The van der Waals surface area contributed by atoms with Crippen LogP contribution in [0.2, 0.25) is 0 Å². The third-order valence-corrected chi connectivity index (χ3v) is 5.84. The molecule has 168 valence electrons. The van der Waals surface area contributed by atoms with Gasteiger partial charge in [0.05, 0.1) is 37.6 Å². The quantitative estimate of drug-likeness (QED) is 0.421. The van der Waals surface area contributed by atoms with Crippen LogP contribution in [0.5, 0.6) is 11.5 Å². The monoisotopic (exact) mass is 438 g/mol. The molecule has 8 nitrogen and oxygen atoms in total. The van der Waals surface area contributed by atoms with Crippen molar-refractivity contribution in [1.82, 2.24) is 4.90 Å². The van der Waals surface area contributed by atoms with Gasteiger partial charge in [-0.05, 0) is 35.9 Å². The number of ether oxygens (including phenoxy) is 3. The number of fused-ring (bicyclic) bond motifs is 1. The molecule has 0 aliphatic carbocycles. The summed E-state index contributed by atoms with van der Waals surface area (Å²) in [6.45, 7) is 1.78. The highest BCUT2D eigenvalue weighted by Gasteiger charge is 2.46. The summed E-state index contributed by atoms with van der Waals surface area (Å²) in [5, 5.41) is 11.2. The summed E-state index contributed by atoms with van der Waals surface area (Å²) in [4.78, 5) is 29.4. The molecule has 4 rings (SSSR count). The van der Waals surface area contributed by atoms with E-state index in [1.165, 1.54) is 12.0 Å². The number of ketones is 1. The molecular weight excluding hydrogens is 412 g/mol. The number of Topliss-reactive ketones (excluding diaryl/α,β-unsaturated/α-hetero) is 1. The van der Waals surface area contributed by atoms with Crippen molar-refractivity contribution in [3.8, 4) is 11.5 Å². The number of aliphatic hydroxyl groups excluding tert-OH is 1. The third-order valence-electron chi connectivity index (χ3n) is 5.84. The molecule has 0 aromatic heterocycles. The van der Waals surface area contributed by atoms with Gasteiger partial charge in [0.15, 0.2) is 0 Å². The third kappa shape index (κ3) is 3.78. The molecule has 1 unspecified atom stereocenters. The zero-order valence-electron chi connectivity index (χ0n) is 18.3. The number of likely N-dealkylation sites (N-methyl/N-ethyl adjacent to an activating group) is 1. The zero-order valence-corrected chi connectivity index (χ0v) is 18.3. The second kappa shape index (κ2) is 8.92. The summed E-state index contributed by atoms with van der Waals surface area (Å²) in [5.41, 5.74) is 2.01. The molecule has 0 bridgehead atoms. The van der Waals surface area contributed by atoms with E-state index in [4.69, 9.17) is 14.2 Å². The predicted octanol–water partition coefficient (Wildman–Crippen LogP) is 2.59. The molecule has 2 aromatic carbocycles. The lowest BCUT2D eigenvalue weighted by Gasteiger charge is -2.28. The first-order valence-corrected chi connectivity index (χ1v) is 10.4. The smallest absolute Gasteiger partial charge is 0.295 e. The zero-order chi connectivity index (χ0) is 22.8.